The minimum absolute atomic E-state index is 0.162. The van der Waals surface area contributed by atoms with Crippen molar-refractivity contribution in [3.8, 4) is 0 Å². The van der Waals surface area contributed by atoms with Gasteiger partial charge in [-0.15, -0.1) is 0 Å². The van der Waals surface area contributed by atoms with Gasteiger partial charge in [-0.05, 0) is 25.5 Å². The number of rotatable bonds is 5. The smallest absolute Gasteiger partial charge is 0.326 e. The Labute approximate surface area is 132 Å². The molecule has 0 aromatic carbocycles. The topological polar surface area (TPSA) is 59.8 Å². The van der Waals surface area contributed by atoms with Gasteiger partial charge in [-0.3, -0.25) is 14.5 Å². The van der Waals surface area contributed by atoms with Crippen LogP contribution in [0, 0.1) is 0 Å². The van der Waals surface area contributed by atoms with Crippen molar-refractivity contribution in [2.24, 2.45) is 0 Å². The number of carbonyl (C=O) groups excluding carboxylic acids is 2. The molecule has 0 aliphatic carbocycles. The third-order valence-corrected chi connectivity index (χ3v) is 4.26. The minimum atomic E-state index is -0.458. The molecule has 2 heterocycles. The third-order valence-electron chi connectivity index (χ3n) is 2.88. The van der Waals surface area contributed by atoms with E-state index in [9.17, 15) is 9.59 Å². The normalized spacial score (nSPS) is 18.4. The van der Waals surface area contributed by atoms with Gasteiger partial charge in [0.15, 0.2) is 0 Å². The lowest BCUT2D eigenvalue weighted by Crippen LogP contribution is -2.35. The van der Waals surface area contributed by atoms with Crippen molar-refractivity contribution in [3.05, 3.63) is 29.1 Å². The van der Waals surface area contributed by atoms with Gasteiger partial charge < -0.3 is 9.15 Å². The molecule has 0 unspecified atom stereocenters. The molecule has 1 aromatic heterocycles. The van der Waals surface area contributed by atoms with Crippen LogP contribution in [0.2, 0.25) is 0 Å². The molecular formula is C14H15NO4S2. The van der Waals surface area contributed by atoms with Crippen molar-refractivity contribution in [1.29, 1.82) is 0 Å². The lowest BCUT2D eigenvalue weighted by Gasteiger charge is -2.16. The molecule has 0 N–H and O–H groups in total. The van der Waals surface area contributed by atoms with Crippen molar-refractivity contribution in [2.45, 2.75) is 26.4 Å². The first-order valence-electron chi connectivity index (χ1n) is 6.49. The van der Waals surface area contributed by atoms with Crippen molar-refractivity contribution >= 4 is 46.3 Å². The molecule has 7 heteroatoms. The molecule has 5 nitrogen and oxygen atoms in total. The fraction of sp³-hybridized carbons (Fsp3) is 0.357. The summed E-state index contributed by atoms with van der Waals surface area (Å²) >= 11 is 6.29. The van der Waals surface area contributed by atoms with Crippen LogP contribution in [0.3, 0.4) is 0 Å². The standard InChI is InChI=1S/C14H15NO4S2/c1-3-9(2)19-12(16)8-15-13(17)11(21-14(15)20)7-10-5-4-6-18-10/h4-7,9H,3,8H2,1-2H3/b11-7-/t9-/m0/s1. The van der Waals surface area contributed by atoms with Crippen LogP contribution in [0.15, 0.2) is 27.7 Å². The van der Waals surface area contributed by atoms with E-state index in [1.54, 1.807) is 25.1 Å². The second kappa shape index (κ2) is 6.91. The van der Waals surface area contributed by atoms with E-state index in [1.165, 1.54) is 11.2 Å². The van der Waals surface area contributed by atoms with Crippen molar-refractivity contribution < 1.29 is 18.7 Å². The summed E-state index contributed by atoms with van der Waals surface area (Å²) in [5, 5.41) is 0. The Kier molecular flexibility index (Phi) is 5.19. The Morgan fingerprint density at radius 3 is 3.00 bits per heavy atom. The van der Waals surface area contributed by atoms with Gasteiger partial charge in [-0.1, -0.05) is 30.9 Å². The van der Waals surface area contributed by atoms with E-state index in [-0.39, 0.29) is 18.6 Å². The van der Waals surface area contributed by atoms with Gasteiger partial charge in [0.25, 0.3) is 5.91 Å². The van der Waals surface area contributed by atoms with Gasteiger partial charge in [-0.2, -0.15) is 0 Å². The summed E-state index contributed by atoms with van der Waals surface area (Å²) in [7, 11) is 0. The minimum Gasteiger partial charge on any atom is -0.465 e. The van der Waals surface area contributed by atoms with Crippen LogP contribution in [0.1, 0.15) is 26.0 Å². The Hall–Kier alpha value is -1.60. The highest BCUT2D eigenvalue weighted by atomic mass is 32.2. The zero-order chi connectivity index (χ0) is 15.4. The van der Waals surface area contributed by atoms with E-state index in [0.717, 1.165) is 18.2 Å². The van der Waals surface area contributed by atoms with Crippen LogP contribution < -0.4 is 0 Å². The molecule has 0 spiro atoms. The predicted molar refractivity (Wildman–Crippen MR) is 84.4 cm³/mol. The highest BCUT2D eigenvalue weighted by Gasteiger charge is 2.34. The summed E-state index contributed by atoms with van der Waals surface area (Å²) in [6.45, 7) is 3.56. The number of hydrogen-bond acceptors (Lipinski definition) is 6. The molecule has 1 fully saturated rings. The second-order valence-corrected chi connectivity index (χ2v) is 6.17. The van der Waals surface area contributed by atoms with Gasteiger partial charge >= 0.3 is 5.97 Å². The molecule has 112 valence electrons. The summed E-state index contributed by atoms with van der Waals surface area (Å²) in [5.41, 5.74) is 0. The fourth-order valence-electron chi connectivity index (χ4n) is 1.61. The zero-order valence-electron chi connectivity index (χ0n) is 11.7. The molecule has 1 aliphatic heterocycles. The first-order chi connectivity index (χ1) is 10.0. The van der Waals surface area contributed by atoms with Gasteiger partial charge in [0.05, 0.1) is 17.3 Å². The van der Waals surface area contributed by atoms with Gasteiger partial charge in [-0.25, -0.2) is 0 Å². The Morgan fingerprint density at radius 1 is 1.62 bits per heavy atom. The Bertz CT molecular complexity index is 580. The summed E-state index contributed by atoms with van der Waals surface area (Å²) in [6.07, 6.45) is 3.69. The van der Waals surface area contributed by atoms with E-state index >= 15 is 0 Å². The first-order valence-corrected chi connectivity index (χ1v) is 7.72. The molecule has 1 aliphatic rings. The molecule has 1 atom stereocenters. The number of esters is 1. The number of nitrogens with zero attached hydrogens (tertiary/aromatic N) is 1. The zero-order valence-corrected chi connectivity index (χ0v) is 13.3. The van der Waals surface area contributed by atoms with Crippen LogP contribution in [0.5, 0.6) is 0 Å². The number of furan rings is 1. The molecule has 1 aromatic rings. The first kappa shape index (κ1) is 15.8. The maximum atomic E-state index is 12.2. The fourth-order valence-corrected chi connectivity index (χ4v) is 2.85. The average Bonchev–Trinajstić information content (AvgIpc) is 3.03. The van der Waals surface area contributed by atoms with Gasteiger partial charge in [0.2, 0.25) is 0 Å². The predicted octanol–water partition coefficient (Wildman–Crippen LogP) is 2.82. The van der Waals surface area contributed by atoms with Crippen LogP contribution in [0.25, 0.3) is 6.08 Å². The van der Waals surface area contributed by atoms with E-state index in [2.05, 4.69) is 0 Å². The Balaban J connectivity index is 2.03. The highest BCUT2D eigenvalue weighted by Crippen LogP contribution is 2.32. The second-order valence-electron chi connectivity index (χ2n) is 4.49. The summed E-state index contributed by atoms with van der Waals surface area (Å²) < 4.78 is 10.7. The largest absolute Gasteiger partial charge is 0.465 e. The van der Waals surface area contributed by atoms with Crippen LogP contribution in [0.4, 0.5) is 0 Å². The van der Waals surface area contributed by atoms with E-state index in [1.807, 2.05) is 6.92 Å². The molecular weight excluding hydrogens is 310 g/mol. The monoisotopic (exact) mass is 325 g/mol. The van der Waals surface area contributed by atoms with Gasteiger partial charge in [0, 0.05) is 6.08 Å². The lowest BCUT2D eigenvalue weighted by molar-refractivity contribution is -0.150. The van der Waals surface area contributed by atoms with Crippen LogP contribution in [-0.2, 0) is 14.3 Å². The summed E-state index contributed by atoms with van der Waals surface area (Å²) in [5.74, 6) is -0.194. The van der Waals surface area contributed by atoms with Crippen LogP contribution >= 0.6 is 24.0 Å². The number of thiocarbonyl (C=S) groups is 1. The van der Waals surface area contributed by atoms with Crippen LogP contribution in [-0.4, -0.2) is 33.7 Å². The molecule has 0 radical (unpaired) electrons. The molecule has 1 saturated heterocycles. The van der Waals surface area contributed by atoms with E-state index in [4.69, 9.17) is 21.4 Å². The summed E-state index contributed by atoms with van der Waals surface area (Å²) in [6, 6.07) is 3.47. The SMILES string of the molecule is CC[C@H](C)OC(=O)CN1C(=O)/C(=C/c2ccco2)SC1=S. The summed E-state index contributed by atoms with van der Waals surface area (Å²) in [4.78, 5) is 25.7. The van der Waals surface area contributed by atoms with Crippen molar-refractivity contribution in [2.75, 3.05) is 6.54 Å². The molecule has 1 amide bonds. The molecule has 2 rings (SSSR count). The molecule has 21 heavy (non-hydrogen) atoms. The number of ether oxygens (including phenoxy) is 1. The number of thioether (sulfide) groups is 1. The molecule has 0 bridgehead atoms. The van der Waals surface area contributed by atoms with E-state index < -0.39 is 5.97 Å². The van der Waals surface area contributed by atoms with Crippen molar-refractivity contribution in [1.82, 2.24) is 4.90 Å². The Morgan fingerprint density at radius 2 is 2.38 bits per heavy atom. The third kappa shape index (κ3) is 3.95. The quantitative estimate of drug-likeness (QED) is 0.471. The average molecular weight is 325 g/mol. The highest BCUT2D eigenvalue weighted by molar-refractivity contribution is 8.26. The maximum absolute atomic E-state index is 12.2. The number of carbonyl (C=O) groups is 2. The number of amides is 1. The van der Waals surface area contributed by atoms with E-state index in [0.29, 0.717) is 15.0 Å². The maximum Gasteiger partial charge on any atom is 0.326 e. The lowest BCUT2D eigenvalue weighted by atomic mass is 10.3. The molecule has 0 saturated carbocycles. The number of hydrogen-bond donors (Lipinski definition) is 0. The van der Waals surface area contributed by atoms with Gasteiger partial charge in [0.1, 0.15) is 16.6 Å². The van der Waals surface area contributed by atoms with Crippen molar-refractivity contribution in [3.63, 3.8) is 0 Å².